The number of nitrogens with two attached hydrogens (primary N) is 1. The Hall–Kier alpha value is -1.41. The van der Waals surface area contributed by atoms with Crippen LogP contribution in [0.2, 0.25) is 0 Å². The first kappa shape index (κ1) is 11.1. The van der Waals surface area contributed by atoms with E-state index in [0.717, 1.165) is 6.08 Å². The van der Waals surface area contributed by atoms with E-state index in [-0.39, 0.29) is 16.6 Å². The maximum atomic E-state index is 11.8. The number of piperazine rings is 1. The minimum absolute atomic E-state index is 0.0978. The molecular formula is C8H12N4O3S. The first-order valence-corrected chi connectivity index (χ1v) is 6.27. The molecule has 0 atom stereocenters. The Morgan fingerprint density at radius 1 is 1.44 bits per heavy atom. The van der Waals surface area contributed by atoms with Crippen molar-refractivity contribution in [2.24, 2.45) is 10.1 Å². The summed E-state index contributed by atoms with van der Waals surface area (Å²) in [5.41, 5.74) is 5.15. The van der Waals surface area contributed by atoms with E-state index in [4.69, 9.17) is 5.73 Å². The van der Waals surface area contributed by atoms with Crippen LogP contribution in [0.15, 0.2) is 15.5 Å². The van der Waals surface area contributed by atoms with Gasteiger partial charge >= 0.3 is 0 Å². The SMILES string of the molecule is NC1=CC(C(=O)N2CCNCC2)=NS1(=O)=O. The smallest absolute Gasteiger partial charge is 0.298 e. The minimum atomic E-state index is -3.79. The summed E-state index contributed by atoms with van der Waals surface area (Å²) in [5, 5.41) is 2.72. The molecule has 0 unspecified atom stereocenters. The van der Waals surface area contributed by atoms with Gasteiger partial charge in [-0.05, 0) is 0 Å². The van der Waals surface area contributed by atoms with Gasteiger partial charge in [0.25, 0.3) is 15.9 Å². The molecule has 0 saturated carbocycles. The fraction of sp³-hybridized carbons (Fsp3) is 0.500. The number of carbonyl (C=O) groups is 1. The van der Waals surface area contributed by atoms with Crippen molar-refractivity contribution < 1.29 is 13.2 Å². The fourth-order valence-corrected chi connectivity index (χ4v) is 2.30. The molecule has 2 heterocycles. The zero-order valence-corrected chi connectivity index (χ0v) is 9.33. The third-order valence-electron chi connectivity index (χ3n) is 2.42. The highest BCUT2D eigenvalue weighted by Gasteiger charge is 2.29. The molecule has 1 fully saturated rings. The molecule has 2 rings (SSSR count). The highest BCUT2D eigenvalue weighted by molar-refractivity contribution is 7.94. The number of carbonyl (C=O) groups excluding carboxylic acids is 1. The predicted octanol–water partition coefficient (Wildman–Crippen LogP) is -2.00. The maximum Gasteiger partial charge on any atom is 0.298 e. The fourth-order valence-electron chi connectivity index (χ4n) is 1.55. The summed E-state index contributed by atoms with van der Waals surface area (Å²) >= 11 is 0. The number of hydrogen-bond acceptors (Lipinski definition) is 5. The Labute approximate surface area is 93.1 Å². The van der Waals surface area contributed by atoms with Crippen molar-refractivity contribution in [3.63, 3.8) is 0 Å². The van der Waals surface area contributed by atoms with Crippen LogP contribution in [-0.4, -0.2) is 51.1 Å². The van der Waals surface area contributed by atoms with E-state index in [1.165, 1.54) is 0 Å². The molecule has 1 amide bonds. The molecule has 0 aromatic rings. The van der Waals surface area contributed by atoms with E-state index in [2.05, 4.69) is 9.71 Å². The van der Waals surface area contributed by atoms with Crippen molar-refractivity contribution >= 4 is 21.6 Å². The molecule has 1 saturated heterocycles. The molecule has 2 aliphatic rings. The van der Waals surface area contributed by atoms with Gasteiger partial charge in [-0.1, -0.05) is 0 Å². The number of nitrogens with one attached hydrogen (secondary N) is 1. The summed E-state index contributed by atoms with van der Waals surface area (Å²) in [4.78, 5) is 13.4. The van der Waals surface area contributed by atoms with Crippen molar-refractivity contribution in [2.75, 3.05) is 26.2 Å². The van der Waals surface area contributed by atoms with E-state index in [1.807, 2.05) is 0 Å². The Balaban J connectivity index is 2.18. The van der Waals surface area contributed by atoms with Gasteiger partial charge in [-0.3, -0.25) is 4.79 Å². The summed E-state index contributed by atoms with van der Waals surface area (Å²) in [7, 11) is -3.79. The third kappa shape index (κ3) is 1.93. The Bertz CT molecular complexity index is 474. The average Bonchev–Trinajstić information content (AvgIpc) is 2.54. The molecule has 16 heavy (non-hydrogen) atoms. The molecular weight excluding hydrogens is 232 g/mol. The van der Waals surface area contributed by atoms with Crippen LogP contribution in [0.1, 0.15) is 0 Å². The zero-order chi connectivity index (χ0) is 11.8. The Morgan fingerprint density at radius 2 is 2.06 bits per heavy atom. The predicted molar refractivity (Wildman–Crippen MR) is 58.1 cm³/mol. The van der Waals surface area contributed by atoms with Crippen molar-refractivity contribution in [1.29, 1.82) is 0 Å². The number of amides is 1. The lowest BCUT2D eigenvalue weighted by atomic mass is 10.2. The molecule has 3 N–H and O–H groups in total. The average molecular weight is 244 g/mol. The highest BCUT2D eigenvalue weighted by atomic mass is 32.2. The van der Waals surface area contributed by atoms with Crippen LogP contribution in [0, 0.1) is 0 Å². The summed E-state index contributed by atoms with van der Waals surface area (Å²) in [6, 6.07) is 0. The maximum absolute atomic E-state index is 11.8. The summed E-state index contributed by atoms with van der Waals surface area (Å²) in [6.07, 6.45) is 1.11. The van der Waals surface area contributed by atoms with Crippen LogP contribution in [-0.2, 0) is 14.8 Å². The second-order valence-electron chi connectivity index (χ2n) is 3.54. The van der Waals surface area contributed by atoms with Crippen LogP contribution in [0.5, 0.6) is 0 Å². The van der Waals surface area contributed by atoms with Gasteiger partial charge in [-0.2, -0.15) is 12.8 Å². The standard InChI is InChI=1S/C8H12N4O3S/c9-7-5-6(11-16(7,14)15)8(13)12-3-1-10-2-4-12/h5,10H,1-4,9H2. The molecule has 2 aliphatic heterocycles. The van der Waals surface area contributed by atoms with Crippen molar-refractivity contribution in [3.8, 4) is 0 Å². The topological polar surface area (TPSA) is 105 Å². The zero-order valence-electron chi connectivity index (χ0n) is 8.51. The number of sulfonamides is 1. The van der Waals surface area contributed by atoms with Crippen LogP contribution >= 0.6 is 0 Å². The number of rotatable bonds is 1. The molecule has 0 aromatic carbocycles. The van der Waals surface area contributed by atoms with Gasteiger partial charge in [0.2, 0.25) is 0 Å². The van der Waals surface area contributed by atoms with Gasteiger partial charge in [0, 0.05) is 32.3 Å². The van der Waals surface area contributed by atoms with Gasteiger partial charge < -0.3 is 16.0 Å². The first-order valence-electron chi connectivity index (χ1n) is 4.83. The lowest BCUT2D eigenvalue weighted by Crippen LogP contribution is -2.48. The molecule has 0 aliphatic carbocycles. The van der Waals surface area contributed by atoms with Gasteiger partial charge in [-0.25, -0.2) is 0 Å². The van der Waals surface area contributed by atoms with Gasteiger partial charge in [0.1, 0.15) is 5.71 Å². The quantitative estimate of drug-likeness (QED) is 0.555. The van der Waals surface area contributed by atoms with Crippen LogP contribution in [0.3, 0.4) is 0 Å². The lowest BCUT2D eigenvalue weighted by molar-refractivity contribution is -0.124. The summed E-state index contributed by atoms with van der Waals surface area (Å²) < 4.78 is 25.7. The van der Waals surface area contributed by atoms with E-state index in [0.29, 0.717) is 26.2 Å². The summed E-state index contributed by atoms with van der Waals surface area (Å²) in [5.74, 6) is -0.384. The molecule has 7 nitrogen and oxygen atoms in total. The molecule has 0 radical (unpaired) electrons. The second-order valence-corrected chi connectivity index (χ2v) is 5.14. The normalized spacial score (nSPS) is 23.9. The van der Waals surface area contributed by atoms with Gasteiger partial charge in [0.05, 0.1) is 0 Å². The Kier molecular flexibility index (Phi) is 2.68. The van der Waals surface area contributed by atoms with Gasteiger partial charge in [0.15, 0.2) is 5.03 Å². The monoisotopic (exact) mass is 244 g/mol. The molecule has 8 heteroatoms. The van der Waals surface area contributed by atoms with Crippen LogP contribution in [0.4, 0.5) is 0 Å². The van der Waals surface area contributed by atoms with Gasteiger partial charge in [-0.15, -0.1) is 0 Å². The van der Waals surface area contributed by atoms with E-state index < -0.39 is 10.0 Å². The van der Waals surface area contributed by atoms with E-state index in [9.17, 15) is 13.2 Å². The molecule has 0 bridgehead atoms. The molecule has 0 spiro atoms. The highest BCUT2D eigenvalue weighted by Crippen LogP contribution is 2.13. The third-order valence-corrected chi connectivity index (χ3v) is 3.57. The number of nitrogens with zero attached hydrogens (tertiary/aromatic N) is 2. The second kappa shape index (κ2) is 3.87. The molecule has 88 valence electrons. The van der Waals surface area contributed by atoms with E-state index >= 15 is 0 Å². The van der Waals surface area contributed by atoms with Crippen LogP contribution in [0.25, 0.3) is 0 Å². The van der Waals surface area contributed by atoms with Crippen LogP contribution < -0.4 is 11.1 Å². The lowest BCUT2D eigenvalue weighted by Gasteiger charge is -2.26. The summed E-state index contributed by atoms with van der Waals surface area (Å²) in [6.45, 7) is 2.49. The van der Waals surface area contributed by atoms with Crippen molar-refractivity contribution in [1.82, 2.24) is 10.2 Å². The largest absolute Gasteiger partial charge is 0.388 e. The number of hydrogen-bond donors (Lipinski definition) is 2. The Morgan fingerprint density at radius 3 is 2.56 bits per heavy atom. The first-order chi connectivity index (χ1) is 7.50. The van der Waals surface area contributed by atoms with E-state index in [1.54, 1.807) is 4.90 Å². The van der Waals surface area contributed by atoms with Crippen molar-refractivity contribution in [3.05, 3.63) is 11.1 Å². The minimum Gasteiger partial charge on any atom is -0.388 e. The van der Waals surface area contributed by atoms with Crippen molar-refractivity contribution in [2.45, 2.75) is 0 Å². The molecule has 0 aromatic heterocycles.